The minimum Gasteiger partial charge on any atom is -0.367 e. The van der Waals surface area contributed by atoms with Gasteiger partial charge in [-0.15, -0.1) is 5.06 Å². The predicted octanol–water partition coefficient (Wildman–Crippen LogP) is 1.26. The zero-order chi connectivity index (χ0) is 10.8. The lowest BCUT2D eigenvalue weighted by Gasteiger charge is -2.33. The topological polar surface area (TPSA) is 53.3 Å². The van der Waals surface area contributed by atoms with Gasteiger partial charge in [-0.1, -0.05) is 0 Å². The largest absolute Gasteiger partial charge is 0.367 e. The first-order chi connectivity index (χ1) is 6.43. The Bertz CT molecular complexity index is 299. The van der Waals surface area contributed by atoms with Gasteiger partial charge >= 0.3 is 5.97 Å². The number of nitriles is 1. The van der Waals surface area contributed by atoms with Crippen LogP contribution in [0.15, 0.2) is 11.6 Å². The number of hydrogen-bond donors (Lipinski definition) is 0. The van der Waals surface area contributed by atoms with E-state index in [2.05, 4.69) is 0 Å². The van der Waals surface area contributed by atoms with Crippen LogP contribution in [-0.2, 0) is 9.63 Å². The van der Waals surface area contributed by atoms with E-state index in [0.717, 1.165) is 5.57 Å². The molecule has 4 heteroatoms. The Balaban J connectivity index is 2.35. The Morgan fingerprint density at radius 2 is 2.14 bits per heavy atom. The third kappa shape index (κ3) is 2.57. The number of carbonyl (C=O) groups is 1. The van der Waals surface area contributed by atoms with Crippen LogP contribution in [0, 0.1) is 16.7 Å². The monoisotopic (exact) mass is 194 g/mol. The molecule has 76 valence electrons. The number of allylic oxidation sites excluding steroid dienone is 1. The summed E-state index contributed by atoms with van der Waals surface area (Å²) in [6.07, 6.45) is 1.49. The molecule has 0 radical (unpaired) electrons. The van der Waals surface area contributed by atoms with Crippen molar-refractivity contribution in [2.45, 2.75) is 20.8 Å². The Hall–Kier alpha value is -1.34. The van der Waals surface area contributed by atoms with E-state index in [0.29, 0.717) is 13.1 Å². The summed E-state index contributed by atoms with van der Waals surface area (Å²) in [5.74, 6) is -0.242. The summed E-state index contributed by atoms with van der Waals surface area (Å²) in [7, 11) is 0. The lowest BCUT2D eigenvalue weighted by atomic mass is 9.98. The maximum atomic E-state index is 11.4. The van der Waals surface area contributed by atoms with Crippen LogP contribution in [0.1, 0.15) is 20.8 Å². The van der Waals surface area contributed by atoms with E-state index in [9.17, 15) is 4.79 Å². The molecule has 0 N–H and O–H groups in total. The van der Waals surface area contributed by atoms with Crippen molar-refractivity contribution in [3.05, 3.63) is 11.6 Å². The fourth-order valence-corrected chi connectivity index (χ4v) is 0.908. The lowest BCUT2D eigenvalue weighted by molar-refractivity contribution is -0.206. The molecular formula is C10H14N2O2. The van der Waals surface area contributed by atoms with E-state index in [1.807, 2.05) is 6.07 Å². The lowest BCUT2D eigenvalue weighted by Crippen LogP contribution is -2.43. The molecule has 0 aromatic carbocycles. The summed E-state index contributed by atoms with van der Waals surface area (Å²) in [6.45, 7) is 6.52. The summed E-state index contributed by atoms with van der Waals surface area (Å²) in [6, 6.07) is 1.94. The Labute approximate surface area is 83.7 Å². The molecule has 0 amide bonds. The van der Waals surface area contributed by atoms with Crippen LogP contribution in [0.2, 0.25) is 0 Å². The van der Waals surface area contributed by atoms with Gasteiger partial charge in [-0.25, -0.2) is 4.79 Å². The Morgan fingerprint density at radius 3 is 2.57 bits per heavy atom. The molecule has 0 atom stereocenters. The van der Waals surface area contributed by atoms with Crippen molar-refractivity contribution in [1.82, 2.24) is 5.06 Å². The molecule has 1 aliphatic rings. The Kier molecular flexibility index (Phi) is 2.92. The minimum absolute atomic E-state index is 0.242. The average molecular weight is 194 g/mol. The van der Waals surface area contributed by atoms with Crippen molar-refractivity contribution in [2.24, 2.45) is 5.41 Å². The molecule has 1 heterocycles. The maximum Gasteiger partial charge on any atom is 0.330 e. The van der Waals surface area contributed by atoms with Gasteiger partial charge in [0.05, 0.1) is 24.6 Å². The van der Waals surface area contributed by atoms with E-state index in [4.69, 9.17) is 10.1 Å². The molecule has 4 nitrogen and oxygen atoms in total. The first kappa shape index (κ1) is 10.7. The summed E-state index contributed by atoms with van der Waals surface area (Å²) >= 11 is 0. The van der Waals surface area contributed by atoms with E-state index in [1.54, 1.807) is 25.8 Å². The number of rotatable bonds is 1. The van der Waals surface area contributed by atoms with E-state index < -0.39 is 5.41 Å². The molecule has 0 aromatic rings. The molecular weight excluding hydrogens is 180 g/mol. The molecule has 1 aliphatic heterocycles. The highest BCUT2D eigenvalue weighted by Crippen LogP contribution is 2.20. The van der Waals surface area contributed by atoms with E-state index >= 15 is 0 Å². The molecule has 14 heavy (non-hydrogen) atoms. The van der Waals surface area contributed by atoms with Crippen molar-refractivity contribution in [2.75, 3.05) is 13.1 Å². The molecule has 0 aromatic heterocycles. The molecule has 0 saturated carbocycles. The van der Waals surface area contributed by atoms with Crippen molar-refractivity contribution in [3.63, 3.8) is 0 Å². The van der Waals surface area contributed by atoms with Gasteiger partial charge in [-0.3, -0.25) is 0 Å². The SMILES string of the molecule is CC(C)(C)C(=O)ON1CC(=CC#N)C1. The fraction of sp³-hybridized carbons (Fsp3) is 0.600. The van der Waals surface area contributed by atoms with Crippen molar-refractivity contribution < 1.29 is 9.63 Å². The highest BCUT2D eigenvalue weighted by atomic mass is 16.7. The molecule has 0 aliphatic carbocycles. The van der Waals surface area contributed by atoms with Gasteiger partial charge in [0.2, 0.25) is 0 Å². The molecule has 1 rings (SSSR count). The van der Waals surface area contributed by atoms with Crippen molar-refractivity contribution in [3.8, 4) is 6.07 Å². The van der Waals surface area contributed by atoms with E-state index in [1.165, 1.54) is 6.08 Å². The maximum absolute atomic E-state index is 11.4. The van der Waals surface area contributed by atoms with Crippen LogP contribution in [-0.4, -0.2) is 24.1 Å². The number of nitrogens with zero attached hydrogens (tertiary/aromatic N) is 2. The zero-order valence-corrected chi connectivity index (χ0v) is 8.70. The molecule has 0 unspecified atom stereocenters. The molecule has 0 bridgehead atoms. The van der Waals surface area contributed by atoms with Crippen LogP contribution in [0.4, 0.5) is 0 Å². The second kappa shape index (κ2) is 3.81. The standard InChI is InChI=1S/C10H14N2O2/c1-10(2,3)9(13)14-12-6-8(7-12)4-5-11/h4H,6-7H2,1-3H3. The van der Waals surface area contributed by atoms with Gasteiger partial charge in [0, 0.05) is 6.08 Å². The van der Waals surface area contributed by atoms with Crippen LogP contribution in [0.25, 0.3) is 0 Å². The zero-order valence-electron chi connectivity index (χ0n) is 8.70. The normalized spacial score (nSPS) is 16.9. The van der Waals surface area contributed by atoms with Gasteiger partial charge in [-0.2, -0.15) is 5.26 Å². The number of hydrogen-bond acceptors (Lipinski definition) is 4. The fourth-order valence-electron chi connectivity index (χ4n) is 0.908. The van der Waals surface area contributed by atoms with Crippen LogP contribution >= 0.6 is 0 Å². The number of hydroxylamine groups is 2. The molecule has 0 spiro atoms. The third-order valence-electron chi connectivity index (χ3n) is 1.85. The summed E-state index contributed by atoms with van der Waals surface area (Å²) in [5.41, 5.74) is 0.517. The van der Waals surface area contributed by atoms with Crippen LogP contribution in [0.3, 0.4) is 0 Å². The third-order valence-corrected chi connectivity index (χ3v) is 1.85. The quantitative estimate of drug-likeness (QED) is 0.589. The van der Waals surface area contributed by atoms with Crippen molar-refractivity contribution >= 4 is 5.97 Å². The first-order valence-electron chi connectivity index (χ1n) is 4.48. The second-order valence-corrected chi connectivity index (χ2v) is 4.36. The molecule has 1 saturated heterocycles. The van der Waals surface area contributed by atoms with Gasteiger partial charge in [0.25, 0.3) is 0 Å². The van der Waals surface area contributed by atoms with E-state index in [-0.39, 0.29) is 5.97 Å². The summed E-state index contributed by atoms with van der Waals surface area (Å²) < 4.78 is 0. The van der Waals surface area contributed by atoms with Gasteiger partial charge < -0.3 is 4.84 Å². The smallest absolute Gasteiger partial charge is 0.330 e. The van der Waals surface area contributed by atoms with Gasteiger partial charge in [0.1, 0.15) is 0 Å². The Morgan fingerprint density at radius 1 is 1.57 bits per heavy atom. The predicted molar refractivity (Wildman–Crippen MR) is 50.8 cm³/mol. The highest BCUT2D eigenvalue weighted by Gasteiger charge is 2.30. The first-order valence-corrected chi connectivity index (χ1v) is 4.48. The minimum atomic E-state index is -0.477. The highest BCUT2D eigenvalue weighted by molar-refractivity contribution is 5.75. The van der Waals surface area contributed by atoms with Crippen LogP contribution in [0.5, 0.6) is 0 Å². The van der Waals surface area contributed by atoms with Gasteiger partial charge in [-0.05, 0) is 26.3 Å². The molecule has 1 fully saturated rings. The summed E-state index contributed by atoms with van der Waals surface area (Å²) in [5, 5.41) is 9.90. The average Bonchev–Trinajstić information content (AvgIpc) is 1.98. The number of carbonyl (C=O) groups excluding carboxylic acids is 1. The van der Waals surface area contributed by atoms with Gasteiger partial charge in [0.15, 0.2) is 0 Å². The summed E-state index contributed by atoms with van der Waals surface area (Å²) in [4.78, 5) is 16.5. The second-order valence-electron chi connectivity index (χ2n) is 4.36. The van der Waals surface area contributed by atoms with Crippen molar-refractivity contribution in [1.29, 1.82) is 5.26 Å². The van der Waals surface area contributed by atoms with Crippen LogP contribution < -0.4 is 0 Å².